The molecular formula is C17H15ClN4O2S2. The van der Waals surface area contributed by atoms with E-state index in [1.807, 2.05) is 30.3 Å². The lowest BCUT2D eigenvalue weighted by Crippen LogP contribution is -2.27. The van der Waals surface area contributed by atoms with Gasteiger partial charge in [-0.15, -0.1) is 0 Å². The zero-order chi connectivity index (χ0) is 18.5. The maximum Gasteiger partial charge on any atom is 0.294 e. The summed E-state index contributed by atoms with van der Waals surface area (Å²) in [6.45, 7) is 1.19. The molecule has 1 aliphatic heterocycles. The van der Waals surface area contributed by atoms with Gasteiger partial charge in [0.2, 0.25) is 0 Å². The number of aliphatic imine (C=N–C) groups is 1. The molecule has 0 radical (unpaired) electrons. The van der Waals surface area contributed by atoms with Crippen LogP contribution in [0.1, 0.15) is 5.56 Å². The van der Waals surface area contributed by atoms with Crippen molar-refractivity contribution in [3.05, 3.63) is 69.2 Å². The van der Waals surface area contributed by atoms with Crippen LogP contribution in [0.25, 0.3) is 0 Å². The molecular weight excluding hydrogens is 392 g/mol. The van der Waals surface area contributed by atoms with Crippen LogP contribution >= 0.6 is 35.6 Å². The number of nitrogens with zero attached hydrogens (tertiary/aromatic N) is 3. The topological polar surface area (TPSA) is 70.8 Å². The Hall–Kier alpha value is -2.16. The summed E-state index contributed by atoms with van der Waals surface area (Å²) in [4.78, 5) is 17.2. The maximum atomic E-state index is 11.4. The van der Waals surface area contributed by atoms with E-state index in [1.165, 1.54) is 17.8 Å². The van der Waals surface area contributed by atoms with E-state index >= 15 is 0 Å². The predicted octanol–water partition coefficient (Wildman–Crippen LogP) is 4.23. The van der Waals surface area contributed by atoms with Gasteiger partial charge in [0.05, 0.1) is 4.92 Å². The van der Waals surface area contributed by atoms with Gasteiger partial charge in [0.15, 0.2) is 10.3 Å². The third kappa shape index (κ3) is 4.51. The van der Waals surface area contributed by atoms with E-state index in [-0.39, 0.29) is 5.69 Å². The average molecular weight is 407 g/mol. The van der Waals surface area contributed by atoms with Crippen molar-refractivity contribution in [2.75, 3.05) is 17.2 Å². The SMILES string of the molecule is O=[N+]([O-])c1cc(Cl)ccc1N1CCS/C1=N\C(=S)NCc1ccccc1. The molecule has 0 bridgehead atoms. The lowest BCUT2D eigenvalue weighted by Gasteiger charge is -2.18. The van der Waals surface area contributed by atoms with Crippen LogP contribution in [0.2, 0.25) is 5.02 Å². The molecule has 0 atom stereocenters. The van der Waals surface area contributed by atoms with Crippen molar-refractivity contribution in [3.63, 3.8) is 0 Å². The molecule has 0 unspecified atom stereocenters. The first-order chi connectivity index (χ1) is 12.5. The van der Waals surface area contributed by atoms with Crippen LogP contribution in [0.3, 0.4) is 0 Å². The second kappa shape index (κ2) is 8.48. The second-order valence-electron chi connectivity index (χ2n) is 5.43. The largest absolute Gasteiger partial charge is 0.357 e. The van der Waals surface area contributed by atoms with Crippen LogP contribution in [-0.2, 0) is 6.54 Å². The van der Waals surface area contributed by atoms with Crippen molar-refractivity contribution in [3.8, 4) is 0 Å². The minimum atomic E-state index is -0.437. The molecule has 0 aliphatic carbocycles. The molecule has 1 heterocycles. The first kappa shape index (κ1) is 18.6. The molecule has 2 aromatic carbocycles. The van der Waals surface area contributed by atoms with E-state index in [9.17, 15) is 10.1 Å². The number of nitro groups is 1. The van der Waals surface area contributed by atoms with Gasteiger partial charge in [-0.05, 0) is 29.9 Å². The van der Waals surface area contributed by atoms with Crippen LogP contribution in [0.4, 0.5) is 11.4 Å². The quantitative estimate of drug-likeness (QED) is 0.465. The summed E-state index contributed by atoms with van der Waals surface area (Å²) in [5, 5.41) is 15.8. The summed E-state index contributed by atoms with van der Waals surface area (Å²) < 4.78 is 0. The summed E-state index contributed by atoms with van der Waals surface area (Å²) in [6.07, 6.45) is 0. The van der Waals surface area contributed by atoms with Gasteiger partial charge in [-0.25, -0.2) is 0 Å². The molecule has 0 spiro atoms. The average Bonchev–Trinajstić information content (AvgIpc) is 3.08. The number of nitrogens with one attached hydrogen (secondary N) is 1. The van der Waals surface area contributed by atoms with Gasteiger partial charge in [0, 0.05) is 29.9 Å². The Bertz CT molecular complexity index is 861. The van der Waals surface area contributed by atoms with Crippen LogP contribution in [0.15, 0.2) is 53.5 Å². The predicted molar refractivity (Wildman–Crippen MR) is 111 cm³/mol. The molecule has 1 saturated heterocycles. The molecule has 2 aromatic rings. The molecule has 1 N–H and O–H groups in total. The highest BCUT2D eigenvalue weighted by Crippen LogP contribution is 2.35. The summed E-state index contributed by atoms with van der Waals surface area (Å²) in [5.74, 6) is 0.778. The van der Waals surface area contributed by atoms with E-state index in [0.717, 1.165) is 11.3 Å². The normalized spacial score (nSPS) is 15.3. The number of hydrogen-bond acceptors (Lipinski definition) is 4. The fourth-order valence-corrected chi connectivity index (χ4v) is 3.83. The molecule has 3 rings (SSSR count). The molecule has 0 saturated carbocycles. The van der Waals surface area contributed by atoms with Gasteiger partial charge in [-0.3, -0.25) is 10.1 Å². The summed E-state index contributed by atoms with van der Waals surface area (Å²) in [7, 11) is 0. The highest BCUT2D eigenvalue weighted by Gasteiger charge is 2.28. The standard InChI is InChI=1S/C17H15ClN4O2S2/c18-13-6-7-14(15(10-13)22(23)24)21-8-9-26-17(21)20-16(25)19-11-12-4-2-1-3-5-12/h1-7,10H,8-9,11H2,(H,19,25)/b20-17-. The number of hydrogen-bond donors (Lipinski definition) is 1. The molecule has 1 fully saturated rings. The summed E-state index contributed by atoms with van der Waals surface area (Å²) in [6, 6.07) is 14.5. The summed E-state index contributed by atoms with van der Waals surface area (Å²) >= 11 is 12.7. The number of rotatable bonds is 4. The fourth-order valence-electron chi connectivity index (χ4n) is 2.49. The number of benzene rings is 2. The number of nitro benzene ring substituents is 1. The van der Waals surface area contributed by atoms with Crippen molar-refractivity contribution in [2.45, 2.75) is 6.54 Å². The molecule has 0 aromatic heterocycles. The van der Waals surface area contributed by atoms with Gasteiger partial charge >= 0.3 is 0 Å². The van der Waals surface area contributed by atoms with Crippen molar-refractivity contribution >= 4 is 57.2 Å². The fraction of sp³-hybridized carbons (Fsp3) is 0.176. The highest BCUT2D eigenvalue weighted by atomic mass is 35.5. The number of thioether (sulfide) groups is 1. The zero-order valence-corrected chi connectivity index (χ0v) is 16.0. The lowest BCUT2D eigenvalue weighted by atomic mass is 10.2. The summed E-state index contributed by atoms with van der Waals surface area (Å²) in [5.41, 5.74) is 1.52. The Morgan fingerprint density at radius 3 is 2.85 bits per heavy atom. The minimum Gasteiger partial charge on any atom is -0.357 e. The van der Waals surface area contributed by atoms with Crippen molar-refractivity contribution < 1.29 is 4.92 Å². The van der Waals surface area contributed by atoms with Gasteiger partial charge in [0.1, 0.15) is 5.69 Å². The maximum absolute atomic E-state index is 11.4. The number of thiocarbonyl (C=S) groups is 1. The smallest absolute Gasteiger partial charge is 0.294 e. The second-order valence-corrected chi connectivity index (χ2v) is 7.31. The number of halogens is 1. The highest BCUT2D eigenvalue weighted by molar-refractivity contribution is 8.14. The lowest BCUT2D eigenvalue weighted by molar-refractivity contribution is -0.384. The van der Waals surface area contributed by atoms with Crippen LogP contribution in [0.5, 0.6) is 0 Å². The zero-order valence-electron chi connectivity index (χ0n) is 13.6. The van der Waals surface area contributed by atoms with Gasteiger partial charge in [-0.2, -0.15) is 4.99 Å². The Morgan fingerprint density at radius 1 is 1.35 bits per heavy atom. The van der Waals surface area contributed by atoms with Gasteiger partial charge in [-0.1, -0.05) is 53.7 Å². The van der Waals surface area contributed by atoms with E-state index < -0.39 is 4.92 Å². The van der Waals surface area contributed by atoms with E-state index in [0.29, 0.717) is 34.1 Å². The molecule has 26 heavy (non-hydrogen) atoms. The Labute approximate surface area is 165 Å². The molecule has 134 valence electrons. The number of amidine groups is 1. The minimum absolute atomic E-state index is 0.0455. The van der Waals surface area contributed by atoms with E-state index in [1.54, 1.807) is 17.0 Å². The monoisotopic (exact) mass is 406 g/mol. The van der Waals surface area contributed by atoms with E-state index in [2.05, 4.69) is 10.3 Å². The third-order valence-corrected chi connectivity index (χ3v) is 5.11. The van der Waals surface area contributed by atoms with E-state index in [4.69, 9.17) is 23.8 Å². The van der Waals surface area contributed by atoms with Crippen LogP contribution < -0.4 is 10.2 Å². The molecule has 9 heteroatoms. The molecule has 0 amide bonds. The molecule has 1 aliphatic rings. The van der Waals surface area contributed by atoms with Crippen molar-refractivity contribution in [1.82, 2.24) is 5.32 Å². The first-order valence-electron chi connectivity index (χ1n) is 7.79. The Morgan fingerprint density at radius 2 is 2.12 bits per heavy atom. The van der Waals surface area contributed by atoms with Crippen LogP contribution in [0, 0.1) is 10.1 Å². The third-order valence-electron chi connectivity index (χ3n) is 3.69. The van der Waals surface area contributed by atoms with Crippen molar-refractivity contribution in [1.29, 1.82) is 0 Å². The van der Waals surface area contributed by atoms with Gasteiger partial charge in [0.25, 0.3) is 5.69 Å². The van der Waals surface area contributed by atoms with Gasteiger partial charge < -0.3 is 10.2 Å². The Balaban J connectivity index is 1.76. The van der Waals surface area contributed by atoms with Crippen LogP contribution in [-0.4, -0.2) is 27.5 Å². The first-order valence-corrected chi connectivity index (χ1v) is 9.56. The molecule has 6 nitrogen and oxygen atoms in total. The Kier molecular flexibility index (Phi) is 6.08. The number of anilines is 1. The van der Waals surface area contributed by atoms with Crippen molar-refractivity contribution in [2.24, 2.45) is 4.99 Å².